The van der Waals surface area contributed by atoms with E-state index in [0.717, 1.165) is 22.2 Å². The Morgan fingerprint density at radius 3 is 2.58 bits per heavy atom. The Bertz CT molecular complexity index is 979. The van der Waals surface area contributed by atoms with Gasteiger partial charge >= 0.3 is 5.69 Å². The molecule has 0 atom stereocenters. The first-order valence-corrected chi connectivity index (χ1v) is 8.15. The van der Waals surface area contributed by atoms with Crippen molar-refractivity contribution >= 4 is 28.3 Å². The molecule has 2 N–H and O–H groups in total. The highest BCUT2D eigenvalue weighted by Gasteiger charge is 2.18. The summed E-state index contributed by atoms with van der Waals surface area (Å²) >= 11 is 6.07. The fourth-order valence-electron chi connectivity index (χ4n) is 2.88. The number of pyridine rings is 1. The van der Waals surface area contributed by atoms with Gasteiger partial charge in [0.05, 0.1) is 21.7 Å². The van der Waals surface area contributed by atoms with Gasteiger partial charge in [0, 0.05) is 31.5 Å². The first-order valence-electron chi connectivity index (χ1n) is 7.77. The summed E-state index contributed by atoms with van der Waals surface area (Å²) in [6.45, 7) is 7.00. The number of aryl methyl sites for hydroxylation is 1. The van der Waals surface area contributed by atoms with Gasteiger partial charge < -0.3 is 5.73 Å². The third-order valence-electron chi connectivity index (χ3n) is 4.03. The standard InChI is InChI=1S/C18H21ClN4O/c1-18(2,3)10-23-14-6-5-11(7-15(14)22(4)17(23)24)12-8-21-9-13(19)16(12)20/h5-9H,10H2,1-4H3,(H2,20,21). The number of nitrogens with two attached hydrogens (primary N) is 1. The van der Waals surface area contributed by atoms with Crippen molar-refractivity contribution in [1.29, 1.82) is 0 Å². The summed E-state index contributed by atoms with van der Waals surface area (Å²) < 4.78 is 3.48. The predicted octanol–water partition coefficient (Wildman–Crippen LogP) is 3.68. The maximum atomic E-state index is 12.6. The van der Waals surface area contributed by atoms with Gasteiger partial charge in [0.15, 0.2) is 0 Å². The van der Waals surface area contributed by atoms with E-state index in [4.69, 9.17) is 17.3 Å². The zero-order chi connectivity index (χ0) is 17.6. The maximum absolute atomic E-state index is 12.6. The number of nitrogen functional groups attached to an aromatic ring is 1. The topological polar surface area (TPSA) is 65.8 Å². The highest BCUT2D eigenvalue weighted by atomic mass is 35.5. The maximum Gasteiger partial charge on any atom is 0.328 e. The minimum absolute atomic E-state index is 0.0120. The summed E-state index contributed by atoms with van der Waals surface area (Å²) in [7, 11) is 1.78. The molecule has 5 nitrogen and oxygen atoms in total. The van der Waals surface area contributed by atoms with Gasteiger partial charge in [-0.15, -0.1) is 0 Å². The van der Waals surface area contributed by atoms with E-state index in [0.29, 0.717) is 17.3 Å². The molecule has 0 saturated heterocycles. The largest absolute Gasteiger partial charge is 0.397 e. The molecule has 126 valence electrons. The summed E-state index contributed by atoms with van der Waals surface area (Å²) in [4.78, 5) is 16.7. The molecule has 0 aliphatic rings. The number of rotatable bonds is 2. The minimum atomic E-state index is -0.0192. The molecule has 2 heterocycles. The van der Waals surface area contributed by atoms with Crippen LogP contribution in [0, 0.1) is 5.41 Å². The number of halogens is 1. The first-order chi connectivity index (χ1) is 11.2. The van der Waals surface area contributed by atoms with E-state index in [9.17, 15) is 4.79 Å². The third kappa shape index (κ3) is 2.80. The second kappa shape index (κ2) is 5.67. The SMILES string of the molecule is Cn1c(=O)n(CC(C)(C)C)c2ccc(-c3cncc(Cl)c3N)cc21. The molecule has 0 bridgehead atoms. The highest BCUT2D eigenvalue weighted by molar-refractivity contribution is 6.33. The smallest absolute Gasteiger partial charge is 0.328 e. The lowest BCUT2D eigenvalue weighted by Gasteiger charge is -2.18. The normalized spacial score (nSPS) is 12.0. The van der Waals surface area contributed by atoms with Crippen molar-refractivity contribution in [3.05, 3.63) is 46.1 Å². The van der Waals surface area contributed by atoms with E-state index in [1.54, 1.807) is 17.8 Å². The number of anilines is 1. The molecule has 0 aliphatic carbocycles. The van der Waals surface area contributed by atoms with Gasteiger partial charge in [0.25, 0.3) is 0 Å². The van der Waals surface area contributed by atoms with Crippen LogP contribution in [-0.2, 0) is 13.6 Å². The lowest BCUT2D eigenvalue weighted by Crippen LogP contribution is -2.27. The lowest BCUT2D eigenvalue weighted by molar-refractivity contribution is 0.342. The molecule has 3 aromatic rings. The van der Waals surface area contributed by atoms with Crippen LogP contribution in [0.25, 0.3) is 22.2 Å². The summed E-state index contributed by atoms with van der Waals surface area (Å²) in [5.74, 6) is 0. The molecule has 0 saturated carbocycles. The van der Waals surface area contributed by atoms with Gasteiger partial charge in [-0.3, -0.25) is 14.1 Å². The van der Waals surface area contributed by atoms with Gasteiger partial charge in [0.2, 0.25) is 0 Å². The van der Waals surface area contributed by atoms with Crippen LogP contribution >= 0.6 is 11.6 Å². The molecule has 0 amide bonds. The van der Waals surface area contributed by atoms with Gasteiger partial charge in [-0.2, -0.15) is 0 Å². The van der Waals surface area contributed by atoms with E-state index in [1.165, 1.54) is 6.20 Å². The number of aromatic nitrogens is 3. The molecule has 6 heteroatoms. The highest BCUT2D eigenvalue weighted by Crippen LogP contribution is 2.32. The molecular weight excluding hydrogens is 324 g/mol. The number of benzene rings is 1. The van der Waals surface area contributed by atoms with Crippen molar-refractivity contribution < 1.29 is 0 Å². The number of fused-ring (bicyclic) bond motifs is 1. The zero-order valence-corrected chi connectivity index (χ0v) is 15.1. The molecule has 0 spiro atoms. The van der Waals surface area contributed by atoms with Crippen molar-refractivity contribution in [2.24, 2.45) is 12.5 Å². The fourth-order valence-corrected chi connectivity index (χ4v) is 3.04. The Labute approximate surface area is 145 Å². The zero-order valence-electron chi connectivity index (χ0n) is 14.3. The second-order valence-corrected chi connectivity index (χ2v) is 7.68. The summed E-state index contributed by atoms with van der Waals surface area (Å²) in [6.07, 6.45) is 3.21. The molecular formula is C18H21ClN4O. The monoisotopic (exact) mass is 344 g/mol. The second-order valence-electron chi connectivity index (χ2n) is 7.27. The van der Waals surface area contributed by atoms with Crippen molar-refractivity contribution in [2.45, 2.75) is 27.3 Å². The van der Waals surface area contributed by atoms with Crippen molar-refractivity contribution in [3.63, 3.8) is 0 Å². The number of nitrogens with zero attached hydrogens (tertiary/aromatic N) is 3. The van der Waals surface area contributed by atoms with Crippen molar-refractivity contribution in [1.82, 2.24) is 14.1 Å². The van der Waals surface area contributed by atoms with Crippen LogP contribution < -0.4 is 11.4 Å². The quantitative estimate of drug-likeness (QED) is 0.771. The summed E-state index contributed by atoms with van der Waals surface area (Å²) in [5.41, 5.74) is 9.98. The van der Waals surface area contributed by atoms with E-state index in [-0.39, 0.29) is 11.1 Å². The number of imidazole rings is 1. The van der Waals surface area contributed by atoms with Crippen LogP contribution in [0.5, 0.6) is 0 Å². The van der Waals surface area contributed by atoms with Gasteiger partial charge in [-0.05, 0) is 23.1 Å². The molecule has 1 aromatic carbocycles. The molecule has 3 rings (SSSR count). The molecule has 0 radical (unpaired) electrons. The molecule has 0 aliphatic heterocycles. The van der Waals surface area contributed by atoms with Gasteiger partial charge in [0.1, 0.15) is 0 Å². The Hall–Kier alpha value is -2.27. The Kier molecular flexibility index (Phi) is 3.92. The lowest BCUT2D eigenvalue weighted by atomic mass is 9.97. The van der Waals surface area contributed by atoms with Gasteiger partial charge in [-0.1, -0.05) is 38.4 Å². The molecule has 2 aromatic heterocycles. The number of hydrogen-bond donors (Lipinski definition) is 1. The average Bonchev–Trinajstić information content (AvgIpc) is 2.73. The summed E-state index contributed by atoms with van der Waals surface area (Å²) in [5, 5.41) is 0.423. The minimum Gasteiger partial charge on any atom is -0.397 e. The van der Waals surface area contributed by atoms with Crippen LogP contribution in [0.1, 0.15) is 20.8 Å². The van der Waals surface area contributed by atoms with Gasteiger partial charge in [-0.25, -0.2) is 4.79 Å². The van der Waals surface area contributed by atoms with Crippen LogP contribution in [0.15, 0.2) is 35.4 Å². The molecule has 0 unspecified atom stereocenters. The van der Waals surface area contributed by atoms with E-state index >= 15 is 0 Å². The number of hydrogen-bond acceptors (Lipinski definition) is 3. The first kappa shape index (κ1) is 16.6. The Balaban J connectivity index is 2.22. The van der Waals surface area contributed by atoms with Crippen molar-refractivity contribution in [3.8, 4) is 11.1 Å². The van der Waals surface area contributed by atoms with Crippen LogP contribution in [-0.4, -0.2) is 14.1 Å². The fraction of sp³-hybridized carbons (Fsp3) is 0.333. The molecule has 24 heavy (non-hydrogen) atoms. The average molecular weight is 345 g/mol. The Morgan fingerprint density at radius 1 is 1.21 bits per heavy atom. The van der Waals surface area contributed by atoms with E-state index in [2.05, 4.69) is 25.8 Å². The van der Waals surface area contributed by atoms with E-state index in [1.807, 2.05) is 22.8 Å². The van der Waals surface area contributed by atoms with Crippen LogP contribution in [0.2, 0.25) is 5.02 Å². The van der Waals surface area contributed by atoms with Crippen LogP contribution in [0.3, 0.4) is 0 Å². The predicted molar refractivity (Wildman–Crippen MR) is 99.3 cm³/mol. The van der Waals surface area contributed by atoms with Crippen LogP contribution in [0.4, 0.5) is 5.69 Å². The Morgan fingerprint density at radius 2 is 1.92 bits per heavy atom. The third-order valence-corrected chi connectivity index (χ3v) is 4.33. The van der Waals surface area contributed by atoms with E-state index < -0.39 is 0 Å². The summed E-state index contributed by atoms with van der Waals surface area (Å²) in [6, 6.07) is 5.86. The van der Waals surface area contributed by atoms with Crippen molar-refractivity contribution in [2.75, 3.05) is 5.73 Å². The molecule has 0 fully saturated rings.